The zero-order valence-electron chi connectivity index (χ0n) is 19.2. The first kappa shape index (κ1) is 23.7. The summed E-state index contributed by atoms with van der Waals surface area (Å²) in [5.41, 5.74) is -3.38. The maximum absolute atomic E-state index is 13.6. The van der Waals surface area contributed by atoms with E-state index in [1.807, 2.05) is 0 Å². The van der Waals surface area contributed by atoms with Gasteiger partial charge in [0, 0.05) is 11.5 Å². The van der Waals surface area contributed by atoms with Gasteiger partial charge in [-0.25, -0.2) is 10.0 Å². The molecule has 0 aromatic carbocycles. The summed E-state index contributed by atoms with van der Waals surface area (Å²) < 4.78 is 81.3. The van der Waals surface area contributed by atoms with E-state index in [1.54, 1.807) is 0 Å². The molecule has 0 N–H and O–H groups in total. The second kappa shape index (κ2) is 7.26. The van der Waals surface area contributed by atoms with Crippen LogP contribution in [0.4, 0.5) is 26.3 Å². The maximum Gasteiger partial charge on any atom is 0.416 e. The Labute approximate surface area is 194 Å². The largest absolute Gasteiger partial charge is 0.416 e. The summed E-state index contributed by atoms with van der Waals surface area (Å²) in [5, 5.41) is 2.54. The van der Waals surface area contributed by atoms with Gasteiger partial charge in [-0.15, -0.1) is 0 Å². The van der Waals surface area contributed by atoms with Crippen LogP contribution in [-0.4, -0.2) is 45.8 Å². The smallest absolute Gasteiger partial charge is 0.270 e. The summed E-state index contributed by atoms with van der Waals surface area (Å²) in [5.74, 6) is -3.60. The zero-order chi connectivity index (χ0) is 25.0. The van der Waals surface area contributed by atoms with Crippen LogP contribution in [0.25, 0.3) is 0 Å². The van der Waals surface area contributed by atoms with Gasteiger partial charge in [0.25, 0.3) is 11.8 Å². The molecule has 0 spiro atoms. The standard InChI is InChI=1S/C24H28F6N2O2/c1-11-17(9-16(23(25,26)27)10-18(11)24(28,29)30)20(33)32-22(2,3)21(34)31(32)19-14-5-12-4-13(7-14)8-15(19)6-12/h9-15,18-19H,4-8H2,1-3H3. The van der Waals surface area contributed by atoms with Crippen molar-refractivity contribution < 1.29 is 35.9 Å². The van der Waals surface area contributed by atoms with Gasteiger partial charge in [-0.3, -0.25) is 9.59 Å². The molecule has 34 heavy (non-hydrogen) atoms. The van der Waals surface area contributed by atoms with Gasteiger partial charge in [-0.1, -0.05) is 13.0 Å². The molecule has 0 aromatic rings. The molecule has 4 bridgehead atoms. The zero-order valence-corrected chi connectivity index (χ0v) is 19.2. The van der Waals surface area contributed by atoms with Crippen molar-refractivity contribution in [1.82, 2.24) is 10.0 Å². The molecule has 6 rings (SSSR count). The van der Waals surface area contributed by atoms with Gasteiger partial charge in [0.05, 0.1) is 17.5 Å². The number of amides is 2. The number of alkyl halides is 6. The molecule has 6 aliphatic rings. The van der Waals surface area contributed by atoms with Crippen LogP contribution in [0, 0.1) is 35.5 Å². The summed E-state index contributed by atoms with van der Waals surface area (Å²) in [7, 11) is 0. The van der Waals surface area contributed by atoms with Gasteiger partial charge in [0.2, 0.25) is 0 Å². The van der Waals surface area contributed by atoms with Crippen molar-refractivity contribution >= 4 is 11.8 Å². The van der Waals surface area contributed by atoms with Crippen LogP contribution in [0.2, 0.25) is 0 Å². The van der Waals surface area contributed by atoms with Gasteiger partial charge >= 0.3 is 12.4 Å². The van der Waals surface area contributed by atoms with Crippen molar-refractivity contribution in [2.45, 2.75) is 76.8 Å². The number of carbonyl (C=O) groups is 2. The van der Waals surface area contributed by atoms with Crippen molar-refractivity contribution in [3.63, 3.8) is 0 Å². The molecule has 5 fully saturated rings. The Hall–Kier alpha value is -2.00. The quantitative estimate of drug-likeness (QED) is 0.485. The van der Waals surface area contributed by atoms with Crippen molar-refractivity contribution in [2.24, 2.45) is 35.5 Å². The Bertz CT molecular complexity index is 951. The van der Waals surface area contributed by atoms with E-state index in [4.69, 9.17) is 0 Å². The fourth-order valence-electron chi connectivity index (χ4n) is 7.41. The maximum atomic E-state index is 13.6. The summed E-state index contributed by atoms with van der Waals surface area (Å²) in [6.45, 7) is 4.11. The SMILES string of the molecule is CC1C(C(=O)N2N(C3C4CC5CC(C4)CC3C5)C(=O)C2(C)C)=CC(C(F)(F)F)=CC1C(F)(F)F. The van der Waals surface area contributed by atoms with Gasteiger partial charge in [-0.05, 0) is 75.7 Å². The average Bonchev–Trinajstić information content (AvgIpc) is 2.69. The van der Waals surface area contributed by atoms with Crippen LogP contribution >= 0.6 is 0 Å². The molecular weight excluding hydrogens is 462 g/mol. The minimum Gasteiger partial charge on any atom is -0.270 e. The van der Waals surface area contributed by atoms with Crippen molar-refractivity contribution in [3.8, 4) is 0 Å². The van der Waals surface area contributed by atoms with E-state index in [0.717, 1.165) is 37.6 Å². The highest BCUT2D eigenvalue weighted by atomic mass is 19.4. The Morgan fingerprint density at radius 1 is 0.971 bits per heavy atom. The highest BCUT2D eigenvalue weighted by molar-refractivity contribution is 6.04. The Kier molecular flexibility index (Phi) is 5.07. The summed E-state index contributed by atoms with van der Waals surface area (Å²) >= 11 is 0. The van der Waals surface area contributed by atoms with E-state index in [2.05, 4.69) is 0 Å². The molecule has 0 aromatic heterocycles. The second-order valence-electron chi connectivity index (χ2n) is 11.3. The molecule has 1 saturated heterocycles. The molecule has 1 aliphatic heterocycles. The van der Waals surface area contributed by atoms with Crippen LogP contribution in [0.5, 0.6) is 0 Å². The fraction of sp³-hybridized carbons (Fsp3) is 0.750. The predicted molar refractivity (Wildman–Crippen MR) is 110 cm³/mol. The highest BCUT2D eigenvalue weighted by Gasteiger charge is 2.63. The third-order valence-corrected chi connectivity index (χ3v) is 8.78. The third kappa shape index (κ3) is 3.41. The average molecular weight is 490 g/mol. The normalized spacial score (nSPS) is 39.1. The van der Waals surface area contributed by atoms with Gasteiger partial charge in [0.15, 0.2) is 0 Å². The van der Waals surface area contributed by atoms with Crippen LogP contribution in [0.1, 0.15) is 52.9 Å². The lowest BCUT2D eigenvalue weighted by Crippen LogP contribution is -2.81. The summed E-state index contributed by atoms with van der Waals surface area (Å²) in [6, 6.07) is -0.229. The summed E-state index contributed by atoms with van der Waals surface area (Å²) in [6.07, 6.45) is -4.34. The van der Waals surface area contributed by atoms with Crippen molar-refractivity contribution in [3.05, 3.63) is 23.3 Å². The Morgan fingerprint density at radius 3 is 1.97 bits per heavy atom. The molecule has 0 radical (unpaired) electrons. The molecule has 2 unspecified atom stereocenters. The fourth-order valence-corrected chi connectivity index (χ4v) is 7.41. The van der Waals surface area contributed by atoms with Gasteiger partial charge in [0.1, 0.15) is 5.54 Å². The molecule has 4 nitrogen and oxygen atoms in total. The van der Waals surface area contributed by atoms with Crippen LogP contribution < -0.4 is 0 Å². The third-order valence-electron chi connectivity index (χ3n) is 8.78. The summed E-state index contributed by atoms with van der Waals surface area (Å²) in [4.78, 5) is 26.8. The molecule has 10 heteroatoms. The van der Waals surface area contributed by atoms with Crippen molar-refractivity contribution in [2.75, 3.05) is 0 Å². The first-order valence-corrected chi connectivity index (χ1v) is 11.9. The number of hydrogen-bond acceptors (Lipinski definition) is 2. The molecule has 188 valence electrons. The topological polar surface area (TPSA) is 40.6 Å². The molecule has 5 aliphatic carbocycles. The van der Waals surface area contributed by atoms with Crippen molar-refractivity contribution in [1.29, 1.82) is 0 Å². The molecule has 2 amide bonds. The molecule has 4 saturated carbocycles. The van der Waals surface area contributed by atoms with E-state index >= 15 is 0 Å². The van der Waals surface area contributed by atoms with E-state index in [0.29, 0.717) is 17.9 Å². The van der Waals surface area contributed by atoms with E-state index < -0.39 is 46.8 Å². The first-order chi connectivity index (χ1) is 15.6. The van der Waals surface area contributed by atoms with E-state index in [-0.39, 0.29) is 29.9 Å². The van der Waals surface area contributed by atoms with Gasteiger partial charge in [-0.2, -0.15) is 26.3 Å². The lowest BCUT2D eigenvalue weighted by atomic mass is 9.53. The number of halogens is 6. The molecular formula is C24H28F6N2O2. The number of rotatable bonds is 2. The molecule has 1 heterocycles. The lowest BCUT2D eigenvalue weighted by molar-refractivity contribution is -0.242. The van der Waals surface area contributed by atoms with Crippen LogP contribution in [-0.2, 0) is 9.59 Å². The number of nitrogens with zero attached hydrogens (tertiary/aromatic N) is 2. The van der Waals surface area contributed by atoms with Crippen LogP contribution in [0.15, 0.2) is 23.3 Å². The highest BCUT2D eigenvalue weighted by Crippen LogP contribution is 2.57. The Balaban J connectivity index is 1.50. The lowest BCUT2D eigenvalue weighted by Gasteiger charge is -2.65. The number of hydrogen-bond donors (Lipinski definition) is 0. The minimum atomic E-state index is -5.03. The van der Waals surface area contributed by atoms with E-state index in [1.165, 1.54) is 25.3 Å². The monoisotopic (exact) mass is 490 g/mol. The first-order valence-electron chi connectivity index (χ1n) is 11.9. The minimum absolute atomic E-state index is 0.156. The number of hydrazine groups is 1. The second-order valence-corrected chi connectivity index (χ2v) is 11.3. The van der Waals surface area contributed by atoms with E-state index in [9.17, 15) is 35.9 Å². The Morgan fingerprint density at radius 2 is 1.50 bits per heavy atom. The molecule has 2 atom stereocenters. The number of allylic oxidation sites excluding steroid dienone is 3. The van der Waals surface area contributed by atoms with Gasteiger partial charge < -0.3 is 0 Å². The predicted octanol–water partition coefficient (Wildman–Crippen LogP) is 5.42. The van der Waals surface area contributed by atoms with Crippen LogP contribution in [0.3, 0.4) is 0 Å². The number of carbonyl (C=O) groups excluding carboxylic acids is 2.